The maximum absolute atomic E-state index is 12.3. The van der Waals surface area contributed by atoms with Crippen molar-refractivity contribution in [2.75, 3.05) is 19.7 Å². The van der Waals surface area contributed by atoms with E-state index >= 15 is 0 Å². The maximum atomic E-state index is 12.3. The van der Waals surface area contributed by atoms with Crippen molar-refractivity contribution >= 4 is 5.91 Å². The minimum absolute atomic E-state index is 0.0437. The Labute approximate surface area is 104 Å². The number of rotatable bonds is 5. The first-order valence-electron chi connectivity index (χ1n) is 6.71. The predicted molar refractivity (Wildman–Crippen MR) is 68.4 cm³/mol. The normalized spacial score (nSPS) is 25.0. The molecular formula is C13H26N2O2. The molecule has 0 aromatic carbocycles. The van der Waals surface area contributed by atoms with Crippen LogP contribution in [0.3, 0.4) is 0 Å². The van der Waals surface area contributed by atoms with E-state index in [1.165, 1.54) is 0 Å². The Morgan fingerprint density at radius 1 is 1.35 bits per heavy atom. The standard InChI is InChI=1S/C13H26N2O2/c1-10(2)15(7-8-16)13(17)12-5-3-11(9-14)4-6-12/h10-12,16H,3-9,14H2,1-2H3. The number of hydrogen-bond acceptors (Lipinski definition) is 3. The van der Waals surface area contributed by atoms with Gasteiger partial charge in [-0.3, -0.25) is 4.79 Å². The van der Waals surface area contributed by atoms with Gasteiger partial charge >= 0.3 is 0 Å². The maximum Gasteiger partial charge on any atom is 0.225 e. The van der Waals surface area contributed by atoms with E-state index in [2.05, 4.69) is 0 Å². The summed E-state index contributed by atoms with van der Waals surface area (Å²) < 4.78 is 0. The zero-order valence-corrected chi connectivity index (χ0v) is 11.1. The minimum Gasteiger partial charge on any atom is -0.395 e. The van der Waals surface area contributed by atoms with Crippen LogP contribution in [0, 0.1) is 11.8 Å². The third-order valence-electron chi connectivity index (χ3n) is 3.78. The highest BCUT2D eigenvalue weighted by Gasteiger charge is 2.29. The zero-order chi connectivity index (χ0) is 12.8. The van der Waals surface area contributed by atoms with Crippen molar-refractivity contribution in [3.05, 3.63) is 0 Å². The lowest BCUT2D eigenvalue weighted by Gasteiger charge is -2.33. The van der Waals surface area contributed by atoms with E-state index < -0.39 is 0 Å². The molecule has 0 unspecified atom stereocenters. The summed E-state index contributed by atoms with van der Waals surface area (Å²) in [7, 11) is 0. The fraction of sp³-hybridized carbons (Fsp3) is 0.923. The summed E-state index contributed by atoms with van der Waals surface area (Å²) in [4.78, 5) is 14.1. The van der Waals surface area contributed by atoms with Crippen LogP contribution in [0.15, 0.2) is 0 Å². The molecule has 0 heterocycles. The van der Waals surface area contributed by atoms with Gasteiger partial charge in [-0.2, -0.15) is 0 Å². The number of nitrogens with two attached hydrogens (primary N) is 1. The summed E-state index contributed by atoms with van der Waals surface area (Å²) in [6, 6.07) is 0.168. The highest BCUT2D eigenvalue weighted by molar-refractivity contribution is 5.79. The predicted octanol–water partition coefficient (Wildman–Crippen LogP) is 0.981. The van der Waals surface area contributed by atoms with Crippen molar-refractivity contribution in [1.82, 2.24) is 4.90 Å². The first-order valence-corrected chi connectivity index (χ1v) is 6.71. The molecule has 0 bridgehead atoms. The summed E-state index contributed by atoms with van der Waals surface area (Å²) >= 11 is 0. The van der Waals surface area contributed by atoms with E-state index in [1.54, 1.807) is 4.90 Å². The van der Waals surface area contributed by atoms with Crippen molar-refractivity contribution in [3.63, 3.8) is 0 Å². The number of aliphatic hydroxyl groups excluding tert-OH is 1. The van der Waals surface area contributed by atoms with Gasteiger partial charge in [-0.1, -0.05) is 0 Å². The van der Waals surface area contributed by atoms with Gasteiger partial charge in [-0.25, -0.2) is 0 Å². The molecule has 0 aromatic rings. The van der Waals surface area contributed by atoms with Crippen LogP contribution in [0.2, 0.25) is 0 Å². The average Bonchev–Trinajstić information content (AvgIpc) is 2.35. The molecule has 17 heavy (non-hydrogen) atoms. The Balaban J connectivity index is 2.51. The van der Waals surface area contributed by atoms with Gasteiger partial charge in [-0.05, 0) is 52.0 Å². The number of hydrogen-bond donors (Lipinski definition) is 2. The van der Waals surface area contributed by atoms with E-state index in [-0.39, 0.29) is 24.5 Å². The van der Waals surface area contributed by atoms with E-state index in [1.807, 2.05) is 13.8 Å². The molecule has 1 aliphatic rings. The molecule has 0 aromatic heterocycles. The number of amides is 1. The van der Waals surface area contributed by atoms with Gasteiger partial charge < -0.3 is 15.7 Å². The summed E-state index contributed by atoms with van der Waals surface area (Å²) in [5.41, 5.74) is 5.65. The van der Waals surface area contributed by atoms with Crippen LogP contribution in [0.1, 0.15) is 39.5 Å². The van der Waals surface area contributed by atoms with Crippen molar-refractivity contribution in [1.29, 1.82) is 0 Å². The molecule has 4 nitrogen and oxygen atoms in total. The van der Waals surface area contributed by atoms with Crippen molar-refractivity contribution in [2.24, 2.45) is 17.6 Å². The molecule has 0 atom stereocenters. The first kappa shape index (κ1) is 14.5. The zero-order valence-electron chi connectivity index (χ0n) is 11.1. The van der Waals surface area contributed by atoms with Gasteiger partial charge in [0.05, 0.1) is 6.61 Å². The smallest absolute Gasteiger partial charge is 0.225 e. The Morgan fingerprint density at radius 3 is 2.35 bits per heavy atom. The lowest BCUT2D eigenvalue weighted by molar-refractivity contribution is -0.139. The second-order valence-electron chi connectivity index (χ2n) is 5.30. The molecule has 1 amide bonds. The van der Waals surface area contributed by atoms with Gasteiger partial charge in [0, 0.05) is 18.5 Å². The second kappa shape index (κ2) is 6.97. The number of carbonyl (C=O) groups is 1. The Hall–Kier alpha value is -0.610. The topological polar surface area (TPSA) is 66.6 Å². The molecule has 3 N–H and O–H groups in total. The molecule has 1 rings (SSSR count). The van der Waals surface area contributed by atoms with Crippen LogP contribution >= 0.6 is 0 Å². The molecular weight excluding hydrogens is 216 g/mol. The Bertz CT molecular complexity index is 236. The summed E-state index contributed by atoms with van der Waals surface area (Å²) in [6.07, 6.45) is 4.04. The first-order chi connectivity index (χ1) is 8.10. The van der Waals surface area contributed by atoms with E-state index in [4.69, 9.17) is 10.8 Å². The van der Waals surface area contributed by atoms with Crippen molar-refractivity contribution in [2.45, 2.75) is 45.6 Å². The van der Waals surface area contributed by atoms with Crippen molar-refractivity contribution < 1.29 is 9.90 Å². The summed E-state index contributed by atoms with van der Waals surface area (Å²) in [5.74, 6) is 0.959. The third kappa shape index (κ3) is 3.96. The van der Waals surface area contributed by atoms with Gasteiger partial charge in [0.25, 0.3) is 0 Å². The molecule has 100 valence electrons. The van der Waals surface area contributed by atoms with Crippen LogP contribution in [0.5, 0.6) is 0 Å². The second-order valence-corrected chi connectivity index (χ2v) is 5.30. The Morgan fingerprint density at radius 2 is 1.94 bits per heavy atom. The molecule has 0 aliphatic heterocycles. The minimum atomic E-state index is 0.0437. The molecule has 1 fully saturated rings. The molecule has 1 aliphatic carbocycles. The lowest BCUT2D eigenvalue weighted by Crippen LogP contribution is -2.43. The van der Waals surface area contributed by atoms with Crippen LogP contribution < -0.4 is 5.73 Å². The van der Waals surface area contributed by atoms with Gasteiger partial charge in [0.15, 0.2) is 0 Å². The largest absolute Gasteiger partial charge is 0.395 e. The van der Waals surface area contributed by atoms with Crippen LogP contribution in [0.25, 0.3) is 0 Å². The molecule has 1 saturated carbocycles. The van der Waals surface area contributed by atoms with E-state index in [0.29, 0.717) is 12.5 Å². The van der Waals surface area contributed by atoms with Gasteiger partial charge in [0.1, 0.15) is 0 Å². The highest BCUT2D eigenvalue weighted by atomic mass is 16.3. The van der Waals surface area contributed by atoms with Crippen LogP contribution in [-0.4, -0.2) is 41.7 Å². The van der Waals surface area contributed by atoms with E-state index in [9.17, 15) is 4.79 Å². The van der Waals surface area contributed by atoms with E-state index in [0.717, 1.165) is 32.2 Å². The third-order valence-corrected chi connectivity index (χ3v) is 3.78. The van der Waals surface area contributed by atoms with Crippen LogP contribution in [-0.2, 0) is 4.79 Å². The fourth-order valence-electron chi connectivity index (χ4n) is 2.61. The van der Waals surface area contributed by atoms with Gasteiger partial charge in [-0.15, -0.1) is 0 Å². The molecule has 0 saturated heterocycles. The number of aliphatic hydroxyl groups is 1. The molecule has 4 heteroatoms. The summed E-state index contributed by atoms with van der Waals surface area (Å²) in [5, 5.41) is 9.00. The molecule has 0 spiro atoms. The number of nitrogens with zero attached hydrogens (tertiary/aromatic N) is 1. The van der Waals surface area contributed by atoms with Gasteiger partial charge in [0.2, 0.25) is 5.91 Å². The number of carbonyl (C=O) groups excluding carboxylic acids is 1. The van der Waals surface area contributed by atoms with Crippen molar-refractivity contribution in [3.8, 4) is 0 Å². The lowest BCUT2D eigenvalue weighted by atomic mass is 9.81. The average molecular weight is 242 g/mol. The SMILES string of the molecule is CC(C)N(CCO)C(=O)C1CCC(CN)CC1. The monoisotopic (exact) mass is 242 g/mol. The Kier molecular flexibility index (Phi) is 5.92. The highest BCUT2D eigenvalue weighted by Crippen LogP contribution is 2.29. The fourth-order valence-corrected chi connectivity index (χ4v) is 2.61. The molecule has 0 radical (unpaired) electrons. The summed E-state index contributed by atoms with van der Waals surface area (Å²) in [6.45, 7) is 5.24. The van der Waals surface area contributed by atoms with Crippen LogP contribution in [0.4, 0.5) is 0 Å². The quantitative estimate of drug-likeness (QED) is 0.755.